The smallest absolute Gasteiger partial charge is 0.242 e. The number of carbonyl (C=O) groups is 2. The molecule has 1 saturated heterocycles. The van der Waals surface area contributed by atoms with E-state index in [1.165, 1.54) is 0 Å². The van der Waals surface area contributed by atoms with Crippen molar-refractivity contribution in [3.63, 3.8) is 0 Å². The molecule has 0 aromatic heterocycles. The number of rotatable bonds is 4. The molecule has 0 aliphatic carbocycles. The lowest BCUT2D eigenvalue weighted by Crippen LogP contribution is -2.41. The lowest BCUT2D eigenvalue weighted by Gasteiger charge is -2.25. The first-order valence-electron chi connectivity index (χ1n) is 6.63. The highest BCUT2D eigenvalue weighted by molar-refractivity contribution is 6.30. The van der Waals surface area contributed by atoms with Crippen molar-refractivity contribution in [3.05, 3.63) is 34.9 Å². The summed E-state index contributed by atoms with van der Waals surface area (Å²) in [5.41, 5.74) is 6.23. The molecule has 1 heterocycles. The predicted molar refractivity (Wildman–Crippen MR) is 77.2 cm³/mol. The number of nitrogens with one attached hydrogen (secondary N) is 1. The van der Waals surface area contributed by atoms with E-state index in [4.69, 9.17) is 17.3 Å². The van der Waals surface area contributed by atoms with Gasteiger partial charge in [0, 0.05) is 11.6 Å². The number of nitrogens with zero attached hydrogens (tertiary/aromatic N) is 1. The highest BCUT2D eigenvalue weighted by Gasteiger charge is 2.29. The quantitative estimate of drug-likeness (QED) is 0.873. The Morgan fingerprint density at radius 3 is 2.95 bits per heavy atom. The fourth-order valence-corrected chi connectivity index (χ4v) is 2.67. The van der Waals surface area contributed by atoms with Gasteiger partial charge in [-0.3, -0.25) is 9.59 Å². The molecular weight excluding hydrogens is 278 g/mol. The Balaban J connectivity index is 2.03. The van der Waals surface area contributed by atoms with Crippen LogP contribution in [0.1, 0.15) is 24.4 Å². The minimum Gasteiger partial charge on any atom is -0.346 e. The average Bonchev–Trinajstić information content (AvgIpc) is 2.93. The van der Waals surface area contributed by atoms with Crippen LogP contribution in [0.3, 0.4) is 0 Å². The van der Waals surface area contributed by atoms with Crippen LogP contribution in [0.15, 0.2) is 24.3 Å². The van der Waals surface area contributed by atoms with Gasteiger partial charge in [0.25, 0.3) is 0 Å². The lowest BCUT2D eigenvalue weighted by atomic mass is 10.0. The Bertz CT molecular complexity index is 507. The normalized spacial score (nSPS) is 18.1. The minimum atomic E-state index is -0.322. The standard InChI is InChI=1S/C14H18ClN3O2/c15-11-4-1-3-10(7-11)12-5-2-6-18(12)14(20)9-17-13(19)8-16/h1,3-4,7,12H,2,5-6,8-9,16H2,(H,17,19). The second-order valence-corrected chi connectivity index (χ2v) is 5.22. The Kier molecular flexibility index (Phi) is 4.98. The van der Waals surface area contributed by atoms with Gasteiger partial charge >= 0.3 is 0 Å². The monoisotopic (exact) mass is 295 g/mol. The van der Waals surface area contributed by atoms with E-state index in [0.29, 0.717) is 11.6 Å². The molecule has 0 radical (unpaired) electrons. The van der Waals surface area contributed by atoms with Gasteiger partial charge in [0.05, 0.1) is 19.1 Å². The topological polar surface area (TPSA) is 75.4 Å². The number of carbonyl (C=O) groups excluding carboxylic acids is 2. The molecule has 2 amide bonds. The van der Waals surface area contributed by atoms with Crippen LogP contribution in [0, 0.1) is 0 Å². The molecule has 1 aliphatic rings. The molecule has 6 heteroatoms. The Labute approximate surface area is 123 Å². The van der Waals surface area contributed by atoms with Crippen molar-refractivity contribution < 1.29 is 9.59 Å². The van der Waals surface area contributed by atoms with Crippen molar-refractivity contribution >= 4 is 23.4 Å². The molecule has 2 rings (SSSR count). The molecule has 1 aliphatic heterocycles. The van der Waals surface area contributed by atoms with E-state index in [0.717, 1.165) is 18.4 Å². The van der Waals surface area contributed by atoms with Crippen LogP contribution < -0.4 is 11.1 Å². The fourth-order valence-electron chi connectivity index (χ4n) is 2.47. The number of hydrogen-bond donors (Lipinski definition) is 2. The summed E-state index contributed by atoms with van der Waals surface area (Å²) in [5.74, 6) is -0.411. The first kappa shape index (κ1) is 14.8. The third kappa shape index (κ3) is 3.49. The van der Waals surface area contributed by atoms with Gasteiger partial charge in [-0.15, -0.1) is 0 Å². The number of nitrogens with two attached hydrogens (primary N) is 1. The summed E-state index contributed by atoms with van der Waals surface area (Å²) in [6.07, 6.45) is 1.87. The van der Waals surface area contributed by atoms with Gasteiger partial charge < -0.3 is 16.0 Å². The van der Waals surface area contributed by atoms with E-state index in [2.05, 4.69) is 5.32 Å². The van der Waals surface area contributed by atoms with Crippen molar-refractivity contribution in [1.29, 1.82) is 0 Å². The maximum Gasteiger partial charge on any atom is 0.242 e. The average molecular weight is 296 g/mol. The summed E-state index contributed by atoms with van der Waals surface area (Å²) >= 11 is 6.00. The summed E-state index contributed by atoms with van der Waals surface area (Å²) in [7, 11) is 0. The predicted octanol–water partition coefficient (Wildman–Crippen LogP) is 1.08. The van der Waals surface area contributed by atoms with Crippen LogP contribution in [0.25, 0.3) is 0 Å². The number of benzene rings is 1. The fraction of sp³-hybridized carbons (Fsp3) is 0.429. The molecule has 5 nitrogen and oxygen atoms in total. The van der Waals surface area contributed by atoms with E-state index >= 15 is 0 Å². The molecule has 0 bridgehead atoms. The molecular formula is C14H18ClN3O2. The zero-order valence-corrected chi connectivity index (χ0v) is 11.9. The zero-order chi connectivity index (χ0) is 14.5. The number of halogens is 1. The summed E-state index contributed by atoms with van der Waals surface area (Å²) < 4.78 is 0. The Morgan fingerprint density at radius 2 is 2.25 bits per heavy atom. The summed E-state index contributed by atoms with van der Waals surface area (Å²) in [5, 5.41) is 3.18. The SMILES string of the molecule is NCC(=O)NCC(=O)N1CCCC1c1cccc(Cl)c1. The molecule has 1 aromatic carbocycles. The van der Waals surface area contributed by atoms with Crippen LogP contribution in [0.4, 0.5) is 0 Å². The molecule has 1 unspecified atom stereocenters. The van der Waals surface area contributed by atoms with Crippen molar-refractivity contribution in [2.75, 3.05) is 19.6 Å². The number of likely N-dealkylation sites (tertiary alicyclic amines) is 1. The van der Waals surface area contributed by atoms with Crippen molar-refractivity contribution in [2.24, 2.45) is 5.73 Å². The Hall–Kier alpha value is -1.59. The third-order valence-corrected chi connectivity index (χ3v) is 3.66. The molecule has 1 fully saturated rings. The first-order chi connectivity index (χ1) is 9.61. The van der Waals surface area contributed by atoms with Crippen molar-refractivity contribution in [2.45, 2.75) is 18.9 Å². The van der Waals surface area contributed by atoms with Gasteiger partial charge in [-0.2, -0.15) is 0 Å². The molecule has 3 N–H and O–H groups in total. The lowest BCUT2D eigenvalue weighted by molar-refractivity contribution is -0.133. The van der Waals surface area contributed by atoms with Gasteiger partial charge in [-0.25, -0.2) is 0 Å². The highest BCUT2D eigenvalue weighted by atomic mass is 35.5. The van der Waals surface area contributed by atoms with Crippen LogP contribution in [0.5, 0.6) is 0 Å². The number of amides is 2. The van der Waals surface area contributed by atoms with Gasteiger partial charge in [0.2, 0.25) is 11.8 Å². The molecule has 1 aromatic rings. The highest BCUT2D eigenvalue weighted by Crippen LogP contribution is 2.32. The Morgan fingerprint density at radius 1 is 1.45 bits per heavy atom. The van der Waals surface area contributed by atoms with Gasteiger partial charge in [0.15, 0.2) is 0 Å². The largest absolute Gasteiger partial charge is 0.346 e. The van der Waals surface area contributed by atoms with Crippen LogP contribution in [-0.4, -0.2) is 36.3 Å². The number of hydrogen-bond acceptors (Lipinski definition) is 3. The maximum absolute atomic E-state index is 12.2. The van der Waals surface area contributed by atoms with Gasteiger partial charge in [-0.1, -0.05) is 23.7 Å². The first-order valence-corrected chi connectivity index (χ1v) is 7.01. The van der Waals surface area contributed by atoms with Crippen LogP contribution in [0.2, 0.25) is 5.02 Å². The summed E-state index contributed by atoms with van der Waals surface area (Å²) in [6, 6.07) is 7.59. The van der Waals surface area contributed by atoms with E-state index in [-0.39, 0.29) is 30.9 Å². The van der Waals surface area contributed by atoms with E-state index < -0.39 is 0 Å². The zero-order valence-electron chi connectivity index (χ0n) is 11.1. The van der Waals surface area contributed by atoms with Gasteiger partial charge in [0.1, 0.15) is 0 Å². The maximum atomic E-state index is 12.2. The van der Waals surface area contributed by atoms with Crippen LogP contribution in [-0.2, 0) is 9.59 Å². The second-order valence-electron chi connectivity index (χ2n) is 4.78. The van der Waals surface area contributed by atoms with Crippen LogP contribution >= 0.6 is 11.6 Å². The molecule has 20 heavy (non-hydrogen) atoms. The van der Waals surface area contributed by atoms with Gasteiger partial charge in [-0.05, 0) is 30.5 Å². The molecule has 0 saturated carbocycles. The summed E-state index contributed by atoms with van der Waals surface area (Å²) in [4.78, 5) is 25.1. The van der Waals surface area contributed by atoms with E-state index in [1.54, 1.807) is 4.90 Å². The molecule has 0 spiro atoms. The van der Waals surface area contributed by atoms with Crippen molar-refractivity contribution in [3.8, 4) is 0 Å². The van der Waals surface area contributed by atoms with Crippen molar-refractivity contribution in [1.82, 2.24) is 10.2 Å². The third-order valence-electron chi connectivity index (χ3n) is 3.43. The van der Waals surface area contributed by atoms with E-state index in [1.807, 2.05) is 24.3 Å². The molecule has 108 valence electrons. The summed E-state index contributed by atoms with van der Waals surface area (Å²) in [6.45, 7) is 0.590. The van der Waals surface area contributed by atoms with E-state index in [9.17, 15) is 9.59 Å². The molecule has 1 atom stereocenters. The minimum absolute atomic E-state index is 0.00685. The second kappa shape index (κ2) is 6.72.